The van der Waals surface area contributed by atoms with Gasteiger partial charge in [0.2, 0.25) is 5.43 Å². The number of carboxylic acids is 1. The Morgan fingerprint density at radius 1 is 1.27 bits per heavy atom. The number of aliphatic hydroxyl groups is 1. The lowest BCUT2D eigenvalue weighted by molar-refractivity contribution is 0.0695. The molecule has 6 heteroatoms. The third kappa shape index (κ3) is 2.78. The SMILES string of the molecule is Cc1c(N2CCCC(CO)C2)ccc2c(=O)c(C(=O)O)cn(C3CC3)c12. The van der Waals surface area contributed by atoms with E-state index < -0.39 is 11.4 Å². The number of carboxylic acid groups (broad SMARTS) is 1. The number of pyridine rings is 1. The molecule has 1 aliphatic heterocycles. The molecule has 1 saturated heterocycles. The van der Waals surface area contributed by atoms with Gasteiger partial charge < -0.3 is 19.7 Å². The molecule has 1 aromatic heterocycles. The van der Waals surface area contributed by atoms with Crippen LogP contribution in [0.2, 0.25) is 0 Å². The zero-order chi connectivity index (χ0) is 18.4. The molecule has 138 valence electrons. The van der Waals surface area contributed by atoms with Gasteiger partial charge in [-0.3, -0.25) is 4.79 Å². The van der Waals surface area contributed by atoms with E-state index in [1.165, 1.54) is 6.20 Å². The van der Waals surface area contributed by atoms with Crippen molar-refractivity contribution in [3.05, 3.63) is 39.7 Å². The fourth-order valence-electron chi connectivity index (χ4n) is 4.18. The molecule has 2 aromatic rings. The molecule has 4 rings (SSSR count). The molecule has 0 bridgehead atoms. The fraction of sp³-hybridized carbons (Fsp3) is 0.500. The van der Waals surface area contributed by atoms with E-state index in [0.717, 1.165) is 55.5 Å². The summed E-state index contributed by atoms with van der Waals surface area (Å²) in [6.45, 7) is 3.95. The number of carbonyl (C=O) groups is 1. The van der Waals surface area contributed by atoms with E-state index in [1.54, 1.807) is 6.07 Å². The number of anilines is 1. The summed E-state index contributed by atoms with van der Waals surface area (Å²) in [5, 5.41) is 19.4. The number of piperidine rings is 1. The van der Waals surface area contributed by atoms with Gasteiger partial charge in [-0.25, -0.2) is 4.79 Å². The minimum Gasteiger partial charge on any atom is -0.477 e. The predicted molar refractivity (Wildman–Crippen MR) is 100 cm³/mol. The molecule has 0 radical (unpaired) electrons. The average Bonchev–Trinajstić information content (AvgIpc) is 3.47. The molecule has 2 aliphatic rings. The lowest BCUT2D eigenvalue weighted by atomic mass is 9.97. The second-order valence-electron chi connectivity index (χ2n) is 7.56. The largest absolute Gasteiger partial charge is 0.477 e. The molecule has 1 atom stereocenters. The van der Waals surface area contributed by atoms with Crippen molar-refractivity contribution < 1.29 is 15.0 Å². The lowest BCUT2D eigenvalue weighted by Crippen LogP contribution is -2.37. The van der Waals surface area contributed by atoms with Crippen molar-refractivity contribution in [3.63, 3.8) is 0 Å². The van der Waals surface area contributed by atoms with E-state index in [1.807, 2.05) is 17.6 Å². The minimum absolute atomic E-state index is 0.158. The van der Waals surface area contributed by atoms with Crippen LogP contribution in [0, 0.1) is 12.8 Å². The molecule has 1 unspecified atom stereocenters. The van der Waals surface area contributed by atoms with Crippen LogP contribution in [0.3, 0.4) is 0 Å². The van der Waals surface area contributed by atoms with Crippen LogP contribution in [-0.4, -0.2) is 40.4 Å². The summed E-state index contributed by atoms with van der Waals surface area (Å²) in [6.07, 6.45) is 5.62. The van der Waals surface area contributed by atoms with E-state index in [-0.39, 0.29) is 24.1 Å². The van der Waals surface area contributed by atoms with Crippen molar-refractivity contribution in [2.45, 2.75) is 38.6 Å². The first-order chi connectivity index (χ1) is 12.5. The standard InChI is InChI=1S/C20H24N2O4/c1-12-17(21-8-2-3-13(9-21)11-23)7-6-15-18(12)22(14-4-5-14)10-16(19(15)24)20(25)26/h6-7,10,13-14,23H,2-5,8-9,11H2,1H3,(H,25,26). The summed E-state index contributed by atoms with van der Waals surface area (Å²) in [6, 6.07) is 3.98. The van der Waals surface area contributed by atoms with Crippen molar-refractivity contribution in [1.82, 2.24) is 4.57 Å². The summed E-state index contributed by atoms with van der Waals surface area (Å²) in [7, 11) is 0. The highest BCUT2D eigenvalue weighted by molar-refractivity contribution is 5.95. The minimum atomic E-state index is -1.17. The van der Waals surface area contributed by atoms with Gasteiger partial charge in [-0.05, 0) is 56.2 Å². The first-order valence-electron chi connectivity index (χ1n) is 9.28. The number of aryl methyl sites for hydroxylation is 1. The summed E-state index contributed by atoms with van der Waals surface area (Å²) in [5.74, 6) is -0.895. The first kappa shape index (κ1) is 17.1. The molecule has 6 nitrogen and oxygen atoms in total. The van der Waals surface area contributed by atoms with E-state index in [0.29, 0.717) is 5.39 Å². The van der Waals surface area contributed by atoms with Gasteiger partial charge in [0.1, 0.15) is 5.56 Å². The number of hydrogen-bond donors (Lipinski definition) is 2. The van der Waals surface area contributed by atoms with Gasteiger partial charge in [0.25, 0.3) is 0 Å². The van der Waals surface area contributed by atoms with Crippen LogP contribution < -0.4 is 10.3 Å². The summed E-state index contributed by atoms with van der Waals surface area (Å²) in [4.78, 5) is 26.4. The highest BCUT2D eigenvalue weighted by Gasteiger charge is 2.29. The number of nitrogens with zero attached hydrogens (tertiary/aromatic N) is 2. The Balaban J connectivity index is 1.89. The number of rotatable bonds is 4. The summed E-state index contributed by atoms with van der Waals surface area (Å²) in [5.41, 5.74) is 2.38. The number of hydrogen-bond acceptors (Lipinski definition) is 4. The average molecular weight is 356 g/mol. The van der Waals surface area contributed by atoms with Gasteiger partial charge in [0.05, 0.1) is 5.52 Å². The number of aromatic nitrogens is 1. The van der Waals surface area contributed by atoms with Gasteiger partial charge in [-0.15, -0.1) is 0 Å². The molecule has 1 saturated carbocycles. The van der Waals surface area contributed by atoms with E-state index in [2.05, 4.69) is 4.90 Å². The Morgan fingerprint density at radius 3 is 2.69 bits per heavy atom. The zero-order valence-electron chi connectivity index (χ0n) is 14.9. The van der Waals surface area contributed by atoms with Gasteiger partial charge >= 0.3 is 5.97 Å². The second-order valence-corrected chi connectivity index (χ2v) is 7.56. The molecule has 2 fully saturated rings. The summed E-state index contributed by atoms with van der Waals surface area (Å²) < 4.78 is 1.99. The maximum Gasteiger partial charge on any atom is 0.341 e. The van der Waals surface area contributed by atoms with Crippen molar-refractivity contribution in [1.29, 1.82) is 0 Å². The Labute approximate surface area is 151 Å². The molecule has 1 aliphatic carbocycles. The molecule has 1 aromatic carbocycles. The molecule has 0 amide bonds. The molecule has 2 heterocycles. The Hall–Kier alpha value is -2.34. The van der Waals surface area contributed by atoms with Crippen molar-refractivity contribution >= 4 is 22.6 Å². The van der Waals surface area contributed by atoms with Gasteiger partial charge in [0, 0.05) is 43.0 Å². The van der Waals surface area contributed by atoms with Crippen LogP contribution in [0.1, 0.15) is 47.6 Å². The van der Waals surface area contributed by atoms with E-state index in [4.69, 9.17) is 0 Å². The first-order valence-corrected chi connectivity index (χ1v) is 9.28. The van der Waals surface area contributed by atoms with Crippen LogP contribution in [0.5, 0.6) is 0 Å². The third-order valence-corrected chi connectivity index (χ3v) is 5.71. The Bertz CT molecular complexity index is 930. The molecule has 0 spiro atoms. The van der Waals surface area contributed by atoms with Crippen LogP contribution in [-0.2, 0) is 0 Å². The molecular weight excluding hydrogens is 332 g/mol. The van der Waals surface area contributed by atoms with E-state index >= 15 is 0 Å². The number of aliphatic hydroxyl groups excluding tert-OH is 1. The Kier molecular flexibility index (Phi) is 4.23. The number of aromatic carboxylic acids is 1. The van der Waals surface area contributed by atoms with Crippen LogP contribution in [0.15, 0.2) is 23.1 Å². The topological polar surface area (TPSA) is 82.8 Å². The third-order valence-electron chi connectivity index (χ3n) is 5.71. The van der Waals surface area contributed by atoms with Gasteiger partial charge in [-0.1, -0.05) is 0 Å². The maximum atomic E-state index is 12.7. The lowest BCUT2D eigenvalue weighted by Gasteiger charge is -2.35. The van der Waals surface area contributed by atoms with Crippen LogP contribution >= 0.6 is 0 Å². The second kappa shape index (κ2) is 6.43. The fourth-order valence-corrected chi connectivity index (χ4v) is 4.18. The van der Waals surface area contributed by atoms with Crippen molar-refractivity contribution in [2.24, 2.45) is 5.92 Å². The molecule has 2 N–H and O–H groups in total. The highest BCUT2D eigenvalue weighted by Crippen LogP contribution is 2.39. The molecular formula is C20H24N2O4. The van der Waals surface area contributed by atoms with Crippen molar-refractivity contribution in [2.75, 3.05) is 24.6 Å². The number of fused-ring (bicyclic) bond motifs is 1. The monoisotopic (exact) mass is 356 g/mol. The highest BCUT2D eigenvalue weighted by atomic mass is 16.4. The van der Waals surface area contributed by atoms with Crippen molar-refractivity contribution in [3.8, 4) is 0 Å². The normalized spacial score (nSPS) is 20.5. The van der Waals surface area contributed by atoms with Gasteiger partial charge in [0.15, 0.2) is 0 Å². The predicted octanol–water partition coefficient (Wildman–Crippen LogP) is 2.55. The van der Waals surface area contributed by atoms with Crippen LogP contribution in [0.4, 0.5) is 5.69 Å². The maximum absolute atomic E-state index is 12.7. The smallest absolute Gasteiger partial charge is 0.341 e. The summed E-state index contributed by atoms with van der Waals surface area (Å²) >= 11 is 0. The number of benzene rings is 1. The quantitative estimate of drug-likeness (QED) is 0.880. The zero-order valence-corrected chi connectivity index (χ0v) is 14.9. The van der Waals surface area contributed by atoms with Gasteiger partial charge in [-0.2, -0.15) is 0 Å². The van der Waals surface area contributed by atoms with E-state index in [9.17, 15) is 19.8 Å². The van der Waals surface area contributed by atoms with Crippen LogP contribution in [0.25, 0.3) is 10.9 Å². The molecule has 26 heavy (non-hydrogen) atoms. The Morgan fingerprint density at radius 2 is 2.04 bits per heavy atom.